The van der Waals surface area contributed by atoms with Crippen LogP contribution < -0.4 is 15.5 Å². The Morgan fingerprint density at radius 2 is 2.24 bits per heavy atom. The molecule has 2 N–H and O–H groups in total. The molecule has 7 heteroatoms. The van der Waals surface area contributed by atoms with E-state index in [9.17, 15) is 0 Å². The SMILES string of the molecule is CN=C(NCC(C)Cn1cccn1)NC1CCN(c2cccs2)CC1. The van der Waals surface area contributed by atoms with E-state index in [0.29, 0.717) is 12.0 Å². The van der Waals surface area contributed by atoms with Gasteiger partial charge in [-0.3, -0.25) is 9.67 Å². The number of aromatic nitrogens is 2. The van der Waals surface area contributed by atoms with Gasteiger partial charge in [0.15, 0.2) is 5.96 Å². The Hall–Kier alpha value is -2.02. The molecule has 2 aromatic rings. The second kappa shape index (κ2) is 8.89. The van der Waals surface area contributed by atoms with Gasteiger partial charge in [0.25, 0.3) is 0 Å². The number of thiophene rings is 1. The summed E-state index contributed by atoms with van der Waals surface area (Å²) in [7, 11) is 1.84. The number of guanidine groups is 1. The van der Waals surface area contributed by atoms with Crippen LogP contribution in [0.4, 0.5) is 5.00 Å². The zero-order valence-corrected chi connectivity index (χ0v) is 15.9. The molecule has 2 aromatic heterocycles. The minimum absolute atomic E-state index is 0.485. The van der Waals surface area contributed by atoms with Crippen molar-refractivity contribution in [2.75, 3.05) is 31.6 Å². The first kappa shape index (κ1) is 17.8. The zero-order valence-electron chi connectivity index (χ0n) is 15.1. The van der Waals surface area contributed by atoms with Gasteiger partial charge in [-0.25, -0.2) is 0 Å². The third-order valence-corrected chi connectivity index (χ3v) is 5.48. The van der Waals surface area contributed by atoms with Crippen LogP contribution >= 0.6 is 11.3 Å². The maximum atomic E-state index is 4.38. The quantitative estimate of drug-likeness (QED) is 0.614. The second-order valence-electron chi connectivity index (χ2n) is 6.64. The molecule has 1 unspecified atom stereocenters. The van der Waals surface area contributed by atoms with Crippen molar-refractivity contribution in [3.05, 3.63) is 36.0 Å². The van der Waals surface area contributed by atoms with Crippen molar-refractivity contribution in [2.45, 2.75) is 32.4 Å². The topological polar surface area (TPSA) is 57.5 Å². The van der Waals surface area contributed by atoms with Crippen LogP contribution in [-0.4, -0.2) is 48.5 Å². The first-order valence-electron chi connectivity index (χ1n) is 8.97. The van der Waals surface area contributed by atoms with Crippen molar-refractivity contribution >= 4 is 22.3 Å². The largest absolute Gasteiger partial charge is 0.363 e. The summed E-state index contributed by atoms with van der Waals surface area (Å²) < 4.78 is 1.98. The number of nitrogens with one attached hydrogen (secondary N) is 2. The van der Waals surface area contributed by atoms with Crippen molar-refractivity contribution in [2.24, 2.45) is 10.9 Å². The van der Waals surface area contributed by atoms with Gasteiger partial charge in [0.2, 0.25) is 0 Å². The molecule has 25 heavy (non-hydrogen) atoms. The lowest BCUT2D eigenvalue weighted by Gasteiger charge is -2.33. The van der Waals surface area contributed by atoms with E-state index in [1.807, 2.05) is 41.5 Å². The molecule has 1 fully saturated rings. The molecule has 0 aliphatic carbocycles. The number of hydrogen-bond donors (Lipinski definition) is 2. The Bertz CT molecular complexity index is 629. The van der Waals surface area contributed by atoms with Crippen LogP contribution in [0.5, 0.6) is 0 Å². The number of piperidine rings is 1. The highest BCUT2D eigenvalue weighted by atomic mass is 32.1. The van der Waals surface area contributed by atoms with E-state index < -0.39 is 0 Å². The Balaban J connectivity index is 1.39. The van der Waals surface area contributed by atoms with Crippen LogP contribution in [0.2, 0.25) is 0 Å². The van der Waals surface area contributed by atoms with E-state index >= 15 is 0 Å². The van der Waals surface area contributed by atoms with E-state index in [-0.39, 0.29) is 0 Å². The standard InChI is InChI=1S/C18H28N6S/c1-15(14-24-9-4-8-21-24)13-20-18(19-2)22-16-6-10-23(11-7-16)17-5-3-12-25-17/h3-5,8-9,12,15-16H,6-7,10-11,13-14H2,1-2H3,(H2,19,20,22). The summed E-state index contributed by atoms with van der Waals surface area (Å²) in [5, 5.41) is 14.8. The van der Waals surface area contributed by atoms with E-state index in [0.717, 1.165) is 45.0 Å². The highest BCUT2D eigenvalue weighted by Crippen LogP contribution is 2.24. The third kappa shape index (κ3) is 5.22. The van der Waals surface area contributed by atoms with Crippen molar-refractivity contribution < 1.29 is 0 Å². The molecule has 1 aliphatic rings. The van der Waals surface area contributed by atoms with Gasteiger partial charge >= 0.3 is 0 Å². The zero-order chi connectivity index (χ0) is 17.5. The lowest BCUT2D eigenvalue weighted by Crippen LogP contribution is -2.49. The first-order valence-corrected chi connectivity index (χ1v) is 9.85. The summed E-state index contributed by atoms with van der Waals surface area (Å²) in [6.45, 7) is 6.22. The molecule has 1 saturated heterocycles. The molecule has 1 aliphatic heterocycles. The van der Waals surface area contributed by atoms with Crippen LogP contribution in [0.15, 0.2) is 41.0 Å². The van der Waals surface area contributed by atoms with E-state index in [2.05, 4.69) is 50.1 Å². The summed E-state index contributed by atoms with van der Waals surface area (Å²) in [6, 6.07) is 6.78. The predicted octanol–water partition coefficient (Wildman–Crippen LogP) is 2.41. The average Bonchev–Trinajstić information content (AvgIpc) is 3.33. The normalized spacial score (nSPS) is 17.5. The molecule has 0 bridgehead atoms. The number of hydrogen-bond acceptors (Lipinski definition) is 4. The molecule has 0 amide bonds. The molecule has 0 aromatic carbocycles. The van der Waals surface area contributed by atoms with Crippen molar-refractivity contribution in [1.82, 2.24) is 20.4 Å². The average molecular weight is 361 g/mol. The minimum Gasteiger partial charge on any atom is -0.363 e. The van der Waals surface area contributed by atoms with Crippen molar-refractivity contribution in [1.29, 1.82) is 0 Å². The molecule has 136 valence electrons. The maximum Gasteiger partial charge on any atom is 0.191 e. The molecule has 0 saturated carbocycles. The first-order chi connectivity index (χ1) is 12.2. The van der Waals surface area contributed by atoms with Gasteiger partial charge in [-0.1, -0.05) is 6.92 Å². The summed E-state index contributed by atoms with van der Waals surface area (Å²) >= 11 is 1.82. The lowest BCUT2D eigenvalue weighted by molar-refractivity contribution is 0.434. The van der Waals surface area contributed by atoms with Gasteiger partial charge in [-0.05, 0) is 42.3 Å². The minimum atomic E-state index is 0.485. The van der Waals surface area contributed by atoms with Crippen molar-refractivity contribution in [3.63, 3.8) is 0 Å². The number of rotatable bonds is 6. The monoisotopic (exact) mass is 360 g/mol. The summed E-state index contributed by atoms with van der Waals surface area (Å²) in [4.78, 5) is 6.86. The Labute approximate surface area is 153 Å². The summed E-state index contributed by atoms with van der Waals surface area (Å²) in [6.07, 6.45) is 6.11. The smallest absolute Gasteiger partial charge is 0.191 e. The number of anilines is 1. The van der Waals surface area contributed by atoms with Gasteiger partial charge in [0.1, 0.15) is 0 Å². The second-order valence-corrected chi connectivity index (χ2v) is 7.57. The molecule has 3 rings (SSSR count). The highest BCUT2D eigenvalue weighted by Gasteiger charge is 2.20. The van der Waals surface area contributed by atoms with Gasteiger partial charge in [-0.15, -0.1) is 11.3 Å². The van der Waals surface area contributed by atoms with Crippen molar-refractivity contribution in [3.8, 4) is 0 Å². The Kier molecular flexibility index (Phi) is 6.33. The van der Waals surface area contributed by atoms with Gasteiger partial charge in [0, 0.05) is 51.7 Å². The van der Waals surface area contributed by atoms with Crippen LogP contribution in [0.1, 0.15) is 19.8 Å². The molecule has 0 spiro atoms. The lowest BCUT2D eigenvalue weighted by atomic mass is 10.1. The molecular weight excluding hydrogens is 332 g/mol. The number of aliphatic imine (C=N–C) groups is 1. The molecule has 6 nitrogen and oxygen atoms in total. The van der Waals surface area contributed by atoms with Crippen LogP contribution in [-0.2, 0) is 6.54 Å². The Morgan fingerprint density at radius 3 is 2.88 bits per heavy atom. The van der Waals surface area contributed by atoms with Gasteiger partial charge in [-0.2, -0.15) is 5.10 Å². The third-order valence-electron chi connectivity index (χ3n) is 4.55. The van der Waals surface area contributed by atoms with E-state index in [1.54, 1.807) is 0 Å². The fourth-order valence-corrected chi connectivity index (χ4v) is 3.93. The summed E-state index contributed by atoms with van der Waals surface area (Å²) in [5.74, 6) is 1.39. The fourth-order valence-electron chi connectivity index (χ4n) is 3.15. The van der Waals surface area contributed by atoms with Gasteiger partial charge < -0.3 is 15.5 Å². The van der Waals surface area contributed by atoms with E-state index in [4.69, 9.17) is 0 Å². The number of nitrogens with zero attached hydrogens (tertiary/aromatic N) is 4. The Morgan fingerprint density at radius 1 is 1.40 bits per heavy atom. The molecule has 3 heterocycles. The fraction of sp³-hybridized carbons (Fsp3) is 0.556. The molecule has 1 atom stereocenters. The van der Waals surface area contributed by atoms with Crippen LogP contribution in [0.25, 0.3) is 0 Å². The van der Waals surface area contributed by atoms with E-state index in [1.165, 1.54) is 5.00 Å². The predicted molar refractivity (Wildman–Crippen MR) is 105 cm³/mol. The van der Waals surface area contributed by atoms with Crippen LogP contribution in [0, 0.1) is 5.92 Å². The highest BCUT2D eigenvalue weighted by molar-refractivity contribution is 7.14. The molecule has 0 radical (unpaired) electrons. The maximum absolute atomic E-state index is 4.38. The van der Waals surface area contributed by atoms with Gasteiger partial charge in [0.05, 0.1) is 5.00 Å². The summed E-state index contributed by atoms with van der Waals surface area (Å²) in [5.41, 5.74) is 0. The molecular formula is C18H28N6S. The van der Waals surface area contributed by atoms with Crippen LogP contribution in [0.3, 0.4) is 0 Å².